The smallest absolute Gasteiger partial charge is 0.174 e. The van der Waals surface area contributed by atoms with E-state index in [4.69, 9.17) is 11.6 Å². The van der Waals surface area contributed by atoms with Crippen molar-refractivity contribution in [1.82, 2.24) is 4.90 Å². The van der Waals surface area contributed by atoms with Gasteiger partial charge in [0.15, 0.2) is 5.78 Å². The molecular formula is C17H18ClNOS. The molecule has 1 aromatic heterocycles. The van der Waals surface area contributed by atoms with Crippen LogP contribution in [-0.4, -0.2) is 30.3 Å². The summed E-state index contributed by atoms with van der Waals surface area (Å²) in [5.41, 5.74) is 0. The van der Waals surface area contributed by atoms with Crippen LogP contribution in [0, 0.1) is 11.8 Å². The molecule has 3 aliphatic heterocycles. The summed E-state index contributed by atoms with van der Waals surface area (Å²) in [5, 5.41) is 1.67. The lowest BCUT2D eigenvalue weighted by Gasteiger charge is -2.44. The number of thiophene rings is 1. The first-order valence-corrected chi connectivity index (χ1v) is 8.84. The number of hydrogen-bond acceptors (Lipinski definition) is 3. The lowest BCUT2D eigenvalue weighted by molar-refractivity contribution is 0.0442. The molecule has 0 N–H and O–H groups in total. The Morgan fingerprint density at radius 3 is 2.71 bits per heavy atom. The van der Waals surface area contributed by atoms with Gasteiger partial charge in [0.25, 0.3) is 0 Å². The second-order valence-corrected chi connectivity index (χ2v) is 7.70. The molecule has 3 saturated heterocycles. The van der Waals surface area contributed by atoms with E-state index in [1.54, 1.807) is 11.3 Å². The van der Waals surface area contributed by atoms with Crippen molar-refractivity contribution in [1.29, 1.82) is 0 Å². The molecule has 2 bridgehead atoms. The van der Waals surface area contributed by atoms with Crippen LogP contribution in [0.2, 0.25) is 5.02 Å². The largest absolute Gasteiger partial charge is 0.303 e. The SMILES string of the molecule is O=C(C[C@@H]1CN2CCC1CC2)c1sc2ccccc2c1Cl. The number of carbonyl (C=O) groups excluding carboxylic acids is 1. The molecule has 1 aromatic carbocycles. The van der Waals surface area contributed by atoms with E-state index in [9.17, 15) is 4.79 Å². The lowest BCUT2D eigenvalue weighted by atomic mass is 9.76. The number of hydrogen-bond donors (Lipinski definition) is 0. The van der Waals surface area contributed by atoms with Crippen molar-refractivity contribution in [3.8, 4) is 0 Å². The predicted octanol–water partition coefficient (Wildman–Crippen LogP) is 4.47. The fourth-order valence-electron chi connectivity index (χ4n) is 3.84. The molecule has 3 fully saturated rings. The molecule has 4 heterocycles. The van der Waals surface area contributed by atoms with Crippen LogP contribution in [0.25, 0.3) is 10.1 Å². The van der Waals surface area contributed by atoms with Gasteiger partial charge in [-0.2, -0.15) is 0 Å². The molecule has 1 atom stereocenters. The molecule has 4 heteroatoms. The quantitative estimate of drug-likeness (QED) is 0.778. The molecule has 2 nitrogen and oxygen atoms in total. The average molecular weight is 320 g/mol. The molecule has 2 aromatic rings. The Balaban J connectivity index is 1.58. The summed E-state index contributed by atoms with van der Waals surface area (Å²) >= 11 is 7.97. The van der Waals surface area contributed by atoms with Crippen molar-refractivity contribution in [2.75, 3.05) is 19.6 Å². The van der Waals surface area contributed by atoms with Gasteiger partial charge in [0.05, 0.1) is 9.90 Å². The number of rotatable bonds is 3. The summed E-state index contributed by atoms with van der Waals surface area (Å²) in [6.07, 6.45) is 3.18. The highest BCUT2D eigenvalue weighted by Crippen LogP contribution is 2.39. The van der Waals surface area contributed by atoms with Gasteiger partial charge < -0.3 is 4.90 Å². The number of piperidine rings is 3. The Bertz CT molecular complexity index is 687. The van der Waals surface area contributed by atoms with Gasteiger partial charge in [0.2, 0.25) is 0 Å². The van der Waals surface area contributed by atoms with E-state index in [1.165, 1.54) is 25.9 Å². The number of nitrogens with zero attached hydrogens (tertiary/aromatic N) is 1. The van der Waals surface area contributed by atoms with E-state index in [0.717, 1.165) is 27.4 Å². The Morgan fingerprint density at radius 1 is 1.29 bits per heavy atom. The van der Waals surface area contributed by atoms with E-state index in [-0.39, 0.29) is 5.78 Å². The minimum Gasteiger partial charge on any atom is -0.303 e. The standard InChI is InChI=1S/C17H18ClNOS/c18-16-13-3-1-2-4-15(13)21-17(16)14(20)9-12-10-19-7-5-11(12)6-8-19/h1-4,11-12H,5-10H2/t12-/m1/s1. The number of fused-ring (bicyclic) bond motifs is 4. The third kappa shape index (κ3) is 2.41. The third-order valence-electron chi connectivity index (χ3n) is 5.03. The molecule has 0 amide bonds. The Morgan fingerprint density at radius 2 is 2.05 bits per heavy atom. The van der Waals surface area contributed by atoms with Gasteiger partial charge in [-0.3, -0.25) is 4.79 Å². The zero-order valence-corrected chi connectivity index (χ0v) is 13.4. The van der Waals surface area contributed by atoms with Crippen LogP contribution in [0.1, 0.15) is 28.9 Å². The summed E-state index contributed by atoms with van der Waals surface area (Å²) in [5.74, 6) is 1.51. The summed E-state index contributed by atoms with van der Waals surface area (Å²) in [7, 11) is 0. The Labute approximate surface area is 133 Å². The van der Waals surface area contributed by atoms with Crippen LogP contribution >= 0.6 is 22.9 Å². The molecule has 0 spiro atoms. The van der Waals surface area contributed by atoms with Gasteiger partial charge in [-0.1, -0.05) is 29.8 Å². The highest BCUT2D eigenvalue weighted by atomic mass is 35.5. The molecule has 3 aliphatic rings. The van der Waals surface area contributed by atoms with E-state index in [0.29, 0.717) is 17.4 Å². The highest BCUT2D eigenvalue weighted by molar-refractivity contribution is 7.21. The zero-order valence-electron chi connectivity index (χ0n) is 11.8. The molecule has 0 aliphatic carbocycles. The van der Waals surface area contributed by atoms with Crippen molar-refractivity contribution in [3.05, 3.63) is 34.2 Å². The van der Waals surface area contributed by atoms with Crippen molar-refractivity contribution in [2.24, 2.45) is 11.8 Å². The van der Waals surface area contributed by atoms with Gasteiger partial charge in [-0.05, 0) is 43.8 Å². The van der Waals surface area contributed by atoms with Crippen LogP contribution in [-0.2, 0) is 0 Å². The Kier molecular flexibility index (Phi) is 3.52. The van der Waals surface area contributed by atoms with Gasteiger partial charge >= 0.3 is 0 Å². The Hall–Kier alpha value is -0.900. The molecular weight excluding hydrogens is 302 g/mol. The summed E-state index contributed by atoms with van der Waals surface area (Å²) in [6, 6.07) is 8.01. The zero-order chi connectivity index (χ0) is 14.4. The average Bonchev–Trinajstić information content (AvgIpc) is 2.86. The second kappa shape index (κ2) is 5.38. The van der Waals surface area contributed by atoms with Crippen molar-refractivity contribution in [3.63, 3.8) is 0 Å². The fourth-order valence-corrected chi connectivity index (χ4v) is 5.33. The van der Waals surface area contributed by atoms with Gasteiger partial charge in [0, 0.05) is 23.1 Å². The van der Waals surface area contributed by atoms with Crippen molar-refractivity contribution >= 4 is 38.8 Å². The first-order chi connectivity index (χ1) is 10.2. The summed E-state index contributed by atoms with van der Waals surface area (Å²) in [6.45, 7) is 3.54. The summed E-state index contributed by atoms with van der Waals surface area (Å²) < 4.78 is 1.11. The fraction of sp³-hybridized carbons (Fsp3) is 0.471. The lowest BCUT2D eigenvalue weighted by Crippen LogP contribution is -2.47. The van der Waals surface area contributed by atoms with E-state index >= 15 is 0 Å². The van der Waals surface area contributed by atoms with Crippen molar-refractivity contribution in [2.45, 2.75) is 19.3 Å². The topological polar surface area (TPSA) is 20.3 Å². The number of Topliss-reactive ketones (excluding diaryl/α,β-unsaturated/α-hetero) is 1. The summed E-state index contributed by atoms with van der Waals surface area (Å²) in [4.78, 5) is 16.0. The maximum atomic E-state index is 12.7. The van der Waals surface area contributed by atoms with Crippen LogP contribution in [0.4, 0.5) is 0 Å². The molecule has 110 valence electrons. The monoisotopic (exact) mass is 319 g/mol. The molecule has 5 rings (SSSR count). The number of halogens is 1. The number of ketones is 1. The highest BCUT2D eigenvalue weighted by Gasteiger charge is 2.35. The minimum atomic E-state index is 0.236. The molecule has 21 heavy (non-hydrogen) atoms. The normalized spacial score (nSPS) is 28.1. The molecule has 0 radical (unpaired) electrons. The van der Waals surface area contributed by atoms with E-state index in [1.807, 2.05) is 24.3 Å². The maximum Gasteiger partial charge on any atom is 0.174 e. The van der Waals surface area contributed by atoms with Gasteiger partial charge in [-0.25, -0.2) is 0 Å². The van der Waals surface area contributed by atoms with Crippen LogP contribution < -0.4 is 0 Å². The van der Waals surface area contributed by atoms with Gasteiger partial charge in [0.1, 0.15) is 0 Å². The van der Waals surface area contributed by atoms with E-state index < -0.39 is 0 Å². The maximum absolute atomic E-state index is 12.7. The second-order valence-electron chi connectivity index (χ2n) is 6.27. The third-order valence-corrected chi connectivity index (χ3v) is 6.74. The first-order valence-electron chi connectivity index (χ1n) is 7.65. The molecule has 0 unspecified atom stereocenters. The van der Waals surface area contributed by atoms with Crippen LogP contribution in [0.15, 0.2) is 24.3 Å². The first kappa shape index (κ1) is 13.7. The number of benzene rings is 1. The van der Waals surface area contributed by atoms with Gasteiger partial charge in [-0.15, -0.1) is 11.3 Å². The van der Waals surface area contributed by atoms with Crippen LogP contribution in [0.5, 0.6) is 0 Å². The van der Waals surface area contributed by atoms with Crippen molar-refractivity contribution < 1.29 is 4.79 Å². The molecule has 0 saturated carbocycles. The minimum absolute atomic E-state index is 0.236. The predicted molar refractivity (Wildman–Crippen MR) is 88.4 cm³/mol. The number of carbonyl (C=O) groups is 1. The van der Waals surface area contributed by atoms with Crippen LogP contribution in [0.3, 0.4) is 0 Å². The van der Waals surface area contributed by atoms with E-state index in [2.05, 4.69) is 4.90 Å².